The molecule has 0 aliphatic rings. The fraction of sp³-hybridized carbons (Fsp3) is 0.0909. The van der Waals surface area contributed by atoms with Gasteiger partial charge in [0.2, 0.25) is 0 Å². The van der Waals surface area contributed by atoms with Crippen LogP contribution in [0.4, 0.5) is 4.39 Å². The maximum atomic E-state index is 13.8. The zero-order chi connectivity index (χ0) is 22.1. The minimum absolute atomic E-state index is 0.304. The Hall–Kier alpha value is -3.01. The Morgan fingerprint density at radius 1 is 1.09 bits per heavy atom. The van der Waals surface area contributed by atoms with Crippen LogP contribution < -0.4 is 0 Å². The van der Waals surface area contributed by atoms with Crippen LogP contribution in [0.5, 0.6) is 0 Å². The topological polar surface area (TPSA) is 69.6 Å². The molecule has 0 fully saturated rings. The zero-order valence-electron chi connectivity index (χ0n) is 16.4. The van der Waals surface area contributed by atoms with Crippen LogP contribution in [-0.4, -0.2) is 24.9 Å². The average Bonchev–Trinajstić information content (AvgIpc) is 3.54. The van der Waals surface area contributed by atoms with Crippen molar-refractivity contribution in [1.29, 1.82) is 0 Å². The molecule has 0 saturated carbocycles. The molecular weight excluding hydrogens is 469 g/mol. The van der Waals surface area contributed by atoms with Gasteiger partial charge in [-0.1, -0.05) is 41.0 Å². The van der Waals surface area contributed by atoms with Gasteiger partial charge in [-0.05, 0) is 47.3 Å². The molecule has 0 saturated heterocycles. The molecule has 10 heteroatoms. The number of thiol groups is 1. The number of benzene rings is 2. The van der Waals surface area contributed by atoms with Crippen molar-refractivity contribution in [2.24, 2.45) is 0 Å². The molecule has 0 aliphatic heterocycles. The highest BCUT2D eigenvalue weighted by Crippen LogP contribution is 2.32. The number of rotatable bonds is 6. The third-order valence-electron chi connectivity index (χ3n) is 4.75. The van der Waals surface area contributed by atoms with Crippen molar-refractivity contribution in [3.8, 4) is 22.2 Å². The van der Waals surface area contributed by atoms with E-state index in [1.807, 2.05) is 40.3 Å². The molecule has 0 amide bonds. The zero-order valence-corrected chi connectivity index (χ0v) is 18.9. The van der Waals surface area contributed by atoms with Crippen molar-refractivity contribution in [2.75, 3.05) is 0 Å². The first kappa shape index (κ1) is 20.9. The highest BCUT2D eigenvalue weighted by Gasteiger charge is 2.26. The fourth-order valence-electron chi connectivity index (χ4n) is 3.28. The van der Waals surface area contributed by atoms with Gasteiger partial charge in [-0.2, -0.15) is 17.6 Å². The Bertz CT molecular complexity index is 1370. The van der Waals surface area contributed by atoms with E-state index in [9.17, 15) is 4.39 Å². The second-order valence-corrected chi connectivity index (χ2v) is 8.85. The highest BCUT2D eigenvalue weighted by molar-refractivity contribution is 7.80. The highest BCUT2D eigenvalue weighted by atomic mass is 35.5. The molecule has 2 aromatic carbocycles. The van der Waals surface area contributed by atoms with Crippen LogP contribution in [0.2, 0.25) is 5.02 Å². The van der Waals surface area contributed by atoms with Crippen molar-refractivity contribution >= 4 is 35.6 Å². The minimum atomic E-state index is -0.610. The quantitative estimate of drug-likeness (QED) is 0.304. The largest absolute Gasteiger partial charge is 0.334 e. The summed E-state index contributed by atoms with van der Waals surface area (Å²) >= 11 is 12.3. The number of halogens is 2. The van der Waals surface area contributed by atoms with E-state index in [1.54, 1.807) is 29.5 Å². The molecule has 0 bridgehead atoms. The van der Waals surface area contributed by atoms with E-state index in [-0.39, 0.29) is 5.82 Å². The first-order chi connectivity index (χ1) is 15.6. The lowest BCUT2D eigenvalue weighted by molar-refractivity contribution is 0.423. The third kappa shape index (κ3) is 4.19. The van der Waals surface area contributed by atoms with Gasteiger partial charge in [-0.25, -0.2) is 4.39 Å². The van der Waals surface area contributed by atoms with E-state index in [0.717, 1.165) is 10.4 Å². The third-order valence-corrected chi connectivity index (χ3v) is 6.32. The predicted molar refractivity (Wildman–Crippen MR) is 124 cm³/mol. The molecule has 0 aliphatic carbocycles. The molecule has 3 aromatic heterocycles. The monoisotopic (exact) mass is 483 g/mol. The Kier molecular flexibility index (Phi) is 5.77. The summed E-state index contributed by atoms with van der Waals surface area (Å²) in [4.78, 5) is 5.42. The van der Waals surface area contributed by atoms with Crippen molar-refractivity contribution in [3.63, 3.8) is 0 Å². The second kappa shape index (κ2) is 8.85. The average molecular weight is 484 g/mol. The summed E-state index contributed by atoms with van der Waals surface area (Å²) in [7, 11) is 0. The fourth-order valence-corrected chi connectivity index (χ4v) is 4.48. The van der Waals surface area contributed by atoms with E-state index < -0.39 is 5.25 Å². The first-order valence-electron chi connectivity index (χ1n) is 9.57. The molecule has 0 radical (unpaired) electrons. The summed E-state index contributed by atoms with van der Waals surface area (Å²) in [6, 6.07) is 17.5. The van der Waals surface area contributed by atoms with Gasteiger partial charge in [-0.3, -0.25) is 0 Å². The molecular formula is C22H15ClFN5OS2. The molecule has 32 heavy (non-hydrogen) atoms. The Balaban J connectivity index is 1.53. The second-order valence-electron chi connectivity index (χ2n) is 6.95. The minimum Gasteiger partial charge on any atom is -0.334 e. The van der Waals surface area contributed by atoms with Crippen LogP contribution in [0.25, 0.3) is 22.2 Å². The molecule has 5 rings (SSSR count). The molecule has 1 atom stereocenters. The lowest BCUT2D eigenvalue weighted by Crippen LogP contribution is -2.10. The van der Waals surface area contributed by atoms with Gasteiger partial charge in [0, 0.05) is 10.6 Å². The van der Waals surface area contributed by atoms with Crippen molar-refractivity contribution < 1.29 is 8.91 Å². The Morgan fingerprint density at radius 3 is 2.75 bits per heavy atom. The van der Waals surface area contributed by atoms with Crippen molar-refractivity contribution in [3.05, 3.63) is 94.1 Å². The molecule has 1 unspecified atom stereocenters. The summed E-state index contributed by atoms with van der Waals surface area (Å²) in [6.07, 6.45) is 0. The smallest absolute Gasteiger partial charge is 0.258 e. The maximum Gasteiger partial charge on any atom is 0.258 e. The Morgan fingerprint density at radius 2 is 1.97 bits per heavy atom. The number of hydrogen-bond acceptors (Lipinski definition) is 7. The Labute approximate surface area is 197 Å². The van der Waals surface area contributed by atoms with Crippen LogP contribution in [-0.2, 0) is 6.54 Å². The molecule has 160 valence electrons. The summed E-state index contributed by atoms with van der Waals surface area (Å²) in [5.74, 6) is 1.56. The van der Waals surface area contributed by atoms with E-state index in [0.29, 0.717) is 40.5 Å². The van der Waals surface area contributed by atoms with Gasteiger partial charge < -0.3 is 9.09 Å². The molecule has 6 nitrogen and oxygen atoms in total. The van der Waals surface area contributed by atoms with Crippen molar-refractivity contribution in [2.45, 2.75) is 11.8 Å². The van der Waals surface area contributed by atoms with E-state index in [1.165, 1.54) is 12.1 Å². The lowest BCUT2D eigenvalue weighted by atomic mass is 10.2. The predicted octanol–water partition coefficient (Wildman–Crippen LogP) is 5.92. The van der Waals surface area contributed by atoms with E-state index in [4.69, 9.17) is 28.8 Å². The van der Waals surface area contributed by atoms with Crippen LogP contribution in [0.15, 0.2) is 70.6 Å². The van der Waals surface area contributed by atoms with E-state index in [2.05, 4.69) is 20.3 Å². The number of thiophene rings is 1. The summed E-state index contributed by atoms with van der Waals surface area (Å²) < 4.78 is 21.1. The van der Waals surface area contributed by atoms with E-state index >= 15 is 0 Å². The molecule has 3 heterocycles. The van der Waals surface area contributed by atoms with Crippen LogP contribution in [0.3, 0.4) is 0 Å². The normalized spacial score (nSPS) is 12.2. The number of nitrogens with zero attached hydrogens (tertiary/aromatic N) is 5. The number of aromatic nitrogens is 5. The first-order valence-corrected chi connectivity index (χ1v) is 11.3. The maximum absolute atomic E-state index is 13.8. The summed E-state index contributed by atoms with van der Waals surface area (Å²) in [6.45, 7) is 0.364. The van der Waals surface area contributed by atoms with Crippen LogP contribution in [0.1, 0.15) is 22.5 Å². The van der Waals surface area contributed by atoms with Crippen LogP contribution in [0, 0.1) is 5.82 Å². The molecule has 0 N–H and O–H groups in total. The van der Waals surface area contributed by atoms with Gasteiger partial charge in [0.25, 0.3) is 5.89 Å². The van der Waals surface area contributed by atoms with Gasteiger partial charge in [-0.15, -0.1) is 21.5 Å². The van der Waals surface area contributed by atoms with Crippen LogP contribution >= 0.6 is 35.6 Å². The number of hydrogen-bond donors (Lipinski definition) is 1. The summed E-state index contributed by atoms with van der Waals surface area (Å²) in [5, 5.41) is 14.8. The SMILES string of the molecule is Fc1cccc(Cn2c(-c3cccs3)nnc2C(S)c2noc(-c3cccc(Cl)c3)n2)c1. The molecule has 5 aromatic rings. The summed E-state index contributed by atoms with van der Waals surface area (Å²) in [5.41, 5.74) is 1.48. The molecule has 0 spiro atoms. The van der Waals surface area contributed by atoms with Gasteiger partial charge in [0.15, 0.2) is 17.5 Å². The van der Waals surface area contributed by atoms with Gasteiger partial charge in [0.05, 0.1) is 11.4 Å². The lowest BCUT2D eigenvalue weighted by Gasteiger charge is -2.12. The van der Waals surface area contributed by atoms with Gasteiger partial charge >= 0.3 is 0 Å². The van der Waals surface area contributed by atoms with Gasteiger partial charge in [0.1, 0.15) is 11.1 Å². The van der Waals surface area contributed by atoms with Crippen molar-refractivity contribution in [1.82, 2.24) is 24.9 Å². The standard InChI is InChI=1S/C22H15ClFN5OS2/c23-15-6-2-5-14(11-15)22-25-19(28-30-22)18(31)21-27-26-20(17-8-3-9-32-17)29(21)12-13-4-1-7-16(24)10-13/h1-11,18,31H,12H2.